The van der Waals surface area contributed by atoms with Crippen LogP contribution in [0, 0.1) is 0 Å². The lowest BCUT2D eigenvalue weighted by Crippen LogP contribution is -2.44. The minimum absolute atomic E-state index is 0.0790. The molecule has 9 heteroatoms. The van der Waals surface area contributed by atoms with Crippen LogP contribution in [0.4, 0.5) is 0 Å². The molecule has 0 saturated carbocycles. The summed E-state index contributed by atoms with van der Waals surface area (Å²) in [5.41, 5.74) is 1.06. The van der Waals surface area contributed by atoms with Crippen molar-refractivity contribution in [2.45, 2.75) is 83.0 Å². The van der Waals surface area contributed by atoms with Crippen LogP contribution in [0.5, 0.6) is 0 Å². The summed E-state index contributed by atoms with van der Waals surface area (Å²) < 4.78 is 25.4. The third-order valence-electron chi connectivity index (χ3n) is 6.79. The van der Waals surface area contributed by atoms with Crippen LogP contribution in [0.25, 0.3) is 10.9 Å². The molecule has 176 valence electrons. The molecule has 2 aliphatic rings. The van der Waals surface area contributed by atoms with E-state index in [9.17, 15) is 4.79 Å². The summed E-state index contributed by atoms with van der Waals surface area (Å²) >= 11 is 12.5. The van der Waals surface area contributed by atoms with Crippen LogP contribution in [0.15, 0.2) is 23.0 Å². The molecule has 3 heterocycles. The van der Waals surface area contributed by atoms with E-state index < -0.39 is 20.2 Å². The van der Waals surface area contributed by atoms with Gasteiger partial charge in [-0.1, -0.05) is 44.0 Å². The molecule has 2 aliphatic heterocycles. The largest absolute Gasteiger partial charge is 0.414 e. The minimum atomic E-state index is -1.98. The summed E-state index contributed by atoms with van der Waals surface area (Å²) in [6, 6.07) is 4.95. The summed E-state index contributed by atoms with van der Waals surface area (Å²) in [6.07, 6.45) is -1.51. The molecule has 0 bridgehead atoms. The average molecular weight is 500 g/mol. The Kier molecular flexibility index (Phi) is 6.11. The maximum absolute atomic E-state index is 12.4. The van der Waals surface area contributed by atoms with Crippen LogP contribution in [0.1, 0.15) is 46.3 Å². The van der Waals surface area contributed by atoms with Gasteiger partial charge >= 0.3 is 0 Å². The van der Waals surface area contributed by atoms with Crippen LogP contribution in [-0.2, 0) is 18.6 Å². The van der Waals surface area contributed by atoms with Crippen molar-refractivity contribution in [2.75, 3.05) is 6.61 Å². The fourth-order valence-electron chi connectivity index (χ4n) is 4.09. The fraction of sp³-hybridized carbons (Fsp3) is 0.609. The maximum atomic E-state index is 12.4. The van der Waals surface area contributed by atoms with Gasteiger partial charge in [-0.05, 0) is 49.7 Å². The van der Waals surface area contributed by atoms with E-state index in [1.54, 1.807) is 18.2 Å². The van der Waals surface area contributed by atoms with Gasteiger partial charge in [0.15, 0.2) is 14.1 Å². The number of H-pyrrole nitrogens is 1. The highest BCUT2D eigenvalue weighted by atomic mass is 35.5. The molecule has 32 heavy (non-hydrogen) atoms. The van der Waals surface area contributed by atoms with Gasteiger partial charge in [0.1, 0.15) is 24.4 Å². The first-order chi connectivity index (χ1) is 14.7. The summed E-state index contributed by atoms with van der Waals surface area (Å²) in [7, 11) is -1.98. The first-order valence-electron chi connectivity index (χ1n) is 10.9. The molecule has 4 atom stereocenters. The Hall–Kier alpha value is -0.933. The summed E-state index contributed by atoms with van der Waals surface area (Å²) in [5.74, 6) is -0.759. The number of fused-ring (bicyclic) bond motifs is 2. The number of ether oxygens (including phenoxy) is 3. The molecule has 2 fully saturated rings. The number of halogens is 2. The Morgan fingerprint density at radius 3 is 2.38 bits per heavy atom. The van der Waals surface area contributed by atoms with E-state index in [4.69, 9.17) is 41.8 Å². The highest BCUT2D eigenvalue weighted by Gasteiger charge is 2.56. The Bertz CT molecular complexity index is 1090. The highest BCUT2D eigenvalue weighted by Crippen LogP contribution is 2.47. The Morgan fingerprint density at radius 1 is 1.09 bits per heavy atom. The predicted octanol–water partition coefficient (Wildman–Crippen LogP) is 5.82. The van der Waals surface area contributed by atoms with E-state index in [0.717, 1.165) is 5.39 Å². The molecule has 1 aromatic carbocycles. The van der Waals surface area contributed by atoms with Gasteiger partial charge in [0.25, 0.3) is 0 Å². The van der Waals surface area contributed by atoms with Gasteiger partial charge < -0.3 is 23.6 Å². The van der Waals surface area contributed by atoms with E-state index in [0.29, 0.717) is 27.7 Å². The number of pyridine rings is 1. The molecule has 6 nitrogen and oxygen atoms in total. The lowest BCUT2D eigenvalue weighted by atomic mass is 9.98. The van der Waals surface area contributed by atoms with Gasteiger partial charge in [-0.25, -0.2) is 0 Å². The predicted molar refractivity (Wildman–Crippen MR) is 129 cm³/mol. The standard InChI is InChI=1S/C23H31Cl2NO5Si/c1-22(2,3)32(6,7)28-11-17-20-21(31-23(4,5)30-20)19(29-17)13-9-18(27)26-16-10-15(25)14(24)8-12(13)16/h8-10,17,19-21H,11H2,1-7H3,(H,26,27)/t17-,19-,20-,21+/m1/s1. The van der Waals surface area contributed by atoms with Crippen molar-refractivity contribution in [1.82, 2.24) is 4.98 Å². The van der Waals surface area contributed by atoms with Crippen molar-refractivity contribution < 1.29 is 18.6 Å². The Morgan fingerprint density at radius 2 is 1.72 bits per heavy atom. The molecular weight excluding hydrogens is 469 g/mol. The van der Waals surface area contributed by atoms with Gasteiger partial charge in [-0.3, -0.25) is 4.79 Å². The number of nitrogens with one attached hydrogen (secondary N) is 1. The zero-order valence-electron chi connectivity index (χ0n) is 19.5. The first kappa shape index (κ1) is 24.2. The van der Waals surface area contributed by atoms with Gasteiger partial charge in [0.2, 0.25) is 5.56 Å². The van der Waals surface area contributed by atoms with Crippen molar-refractivity contribution in [3.05, 3.63) is 44.2 Å². The van der Waals surface area contributed by atoms with Crippen LogP contribution < -0.4 is 5.56 Å². The molecule has 0 amide bonds. The van der Waals surface area contributed by atoms with Gasteiger partial charge in [-0.15, -0.1) is 0 Å². The zero-order chi connectivity index (χ0) is 23.6. The second-order valence-corrected chi connectivity index (χ2v) is 16.3. The van der Waals surface area contributed by atoms with E-state index >= 15 is 0 Å². The monoisotopic (exact) mass is 499 g/mol. The normalized spacial score (nSPS) is 27.8. The molecule has 4 rings (SSSR count). The van der Waals surface area contributed by atoms with Crippen molar-refractivity contribution in [3.8, 4) is 0 Å². The van der Waals surface area contributed by atoms with Gasteiger partial charge in [0.05, 0.1) is 22.2 Å². The van der Waals surface area contributed by atoms with Crippen LogP contribution in [0.3, 0.4) is 0 Å². The number of aromatic amines is 1. The number of hydrogen-bond acceptors (Lipinski definition) is 5. The highest BCUT2D eigenvalue weighted by molar-refractivity contribution is 6.74. The number of rotatable bonds is 4. The molecule has 0 spiro atoms. The molecule has 0 aliphatic carbocycles. The van der Waals surface area contributed by atoms with E-state index in [-0.39, 0.29) is 28.9 Å². The Labute approximate surface area is 199 Å². The first-order valence-corrected chi connectivity index (χ1v) is 14.5. The summed E-state index contributed by atoms with van der Waals surface area (Å²) in [5, 5.41) is 1.63. The quantitative estimate of drug-likeness (QED) is 0.536. The van der Waals surface area contributed by atoms with Crippen LogP contribution in [-0.4, -0.2) is 44.0 Å². The zero-order valence-corrected chi connectivity index (χ0v) is 22.1. The van der Waals surface area contributed by atoms with Crippen LogP contribution >= 0.6 is 23.2 Å². The molecule has 0 unspecified atom stereocenters. The van der Waals surface area contributed by atoms with Gasteiger partial charge in [-0.2, -0.15) is 0 Å². The number of benzene rings is 1. The molecule has 2 aromatic rings. The Balaban J connectivity index is 1.71. The van der Waals surface area contributed by atoms with E-state index in [1.807, 2.05) is 13.8 Å². The third-order valence-corrected chi connectivity index (χ3v) is 12.0. The van der Waals surface area contributed by atoms with Crippen molar-refractivity contribution in [3.63, 3.8) is 0 Å². The smallest absolute Gasteiger partial charge is 0.248 e. The van der Waals surface area contributed by atoms with E-state index in [2.05, 4.69) is 38.8 Å². The maximum Gasteiger partial charge on any atom is 0.248 e. The SMILES string of the molecule is CC1(C)O[C@@H]2[C@H](O1)[C@@H](CO[Si](C)(C)C(C)(C)C)O[C@@H]2c1cc(=O)[nH]c2cc(Cl)c(Cl)cc12. The lowest BCUT2D eigenvalue weighted by Gasteiger charge is -2.37. The van der Waals surface area contributed by atoms with Crippen molar-refractivity contribution >= 4 is 42.4 Å². The average Bonchev–Trinajstić information content (AvgIpc) is 3.13. The summed E-state index contributed by atoms with van der Waals surface area (Å²) in [6.45, 7) is 15.2. The van der Waals surface area contributed by atoms with Gasteiger partial charge in [0, 0.05) is 11.5 Å². The minimum Gasteiger partial charge on any atom is -0.414 e. The lowest BCUT2D eigenvalue weighted by molar-refractivity contribution is -0.190. The molecule has 1 N–H and O–H groups in total. The second kappa shape index (κ2) is 8.08. The third kappa shape index (κ3) is 4.41. The molecular formula is C23H31Cl2NO5Si. The molecule has 1 aromatic heterocycles. The topological polar surface area (TPSA) is 69.8 Å². The molecule has 2 saturated heterocycles. The van der Waals surface area contributed by atoms with Crippen molar-refractivity contribution in [2.24, 2.45) is 0 Å². The number of hydrogen-bond donors (Lipinski definition) is 1. The fourth-order valence-corrected chi connectivity index (χ4v) is 5.43. The van der Waals surface area contributed by atoms with Crippen molar-refractivity contribution in [1.29, 1.82) is 0 Å². The second-order valence-electron chi connectivity index (χ2n) is 10.6. The molecule has 0 radical (unpaired) electrons. The van der Waals surface area contributed by atoms with E-state index in [1.165, 1.54) is 0 Å². The summed E-state index contributed by atoms with van der Waals surface area (Å²) in [4.78, 5) is 15.3. The number of aromatic nitrogens is 1. The van der Waals surface area contributed by atoms with Crippen LogP contribution in [0.2, 0.25) is 28.2 Å².